The number of aromatic nitrogens is 2. The van der Waals surface area contributed by atoms with Gasteiger partial charge in [0.15, 0.2) is 0 Å². The average molecular weight is 443 g/mol. The minimum absolute atomic E-state index is 0.323. The summed E-state index contributed by atoms with van der Waals surface area (Å²) in [6.45, 7) is 7.08. The van der Waals surface area contributed by atoms with Crippen molar-refractivity contribution in [1.29, 1.82) is 0 Å². The van der Waals surface area contributed by atoms with Crippen LogP contribution in [0.3, 0.4) is 0 Å². The van der Waals surface area contributed by atoms with Gasteiger partial charge in [-0.05, 0) is 57.0 Å². The molecule has 0 unspecified atom stereocenters. The van der Waals surface area contributed by atoms with Crippen LogP contribution in [0, 0.1) is 0 Å². The monoisotopic (exact) mass is 442 g/mol. The van der Waals surface area contributed by atoms with Crippen molar-refractivity contribution in [2.45, 2.75) is 51.1 Å². The Morgan fingerprint density at radius 2 is 1.84 bits per heavy atom. The first-order chi connectivity index (χ1) is 15.0. The van der Waals surface area contributed by atoms with E-state index in [0.29, 0.717) is 36.7 Å². The zero-order chi connectivity index (χ0) is 21.8. The van der Waals surface area contributed by atoms with Crippen molar-refractivity contribution in [2.24, 2.45) is 0 Å². The van der Waals surface area contributed by atoms with E-state index >= 15 is 0 Å². The number of fused-ring (bicyclic) bond motifs is 1. The van der Waals surface area contributed by atoms with Crippen LogP contribution in [0.15, 0.2) is 47.4 Å². The van der Waals surface area contributed by atoms with Crippen LogP contribution in [0.25, 0.3) is 11.0 Å². The van der Waals surface area contributed by atoms with Crippen LogP contribution in [-0.2, 0) is 23.1 Å². The van der Waals surface area contributed by atoms with Gasteiger partial charge in [0, 0.05) is 19.6 Å². The molecule has 1 aliphatic rings. The fourth-order valence-electron chi connectivity index (χ4n) is 4.13. The second-order valence-corrected chi connectivity index (χ2v) is 9.61. The van der Waals surface area contributed by atoms with Crippen LogP contribution in [0.1, 0.15) is 38.9 Å². The molecule has 166 valence electrons. The van der Waals surface area contributed by atoms with Crippen molar-refractivity contribution in [2.75, 3.05) is 25.0 Å². The van der Waals surface area contributed by atoms with E-state index in [4.69, 9.17) is 9.72 Å². The maximum Gasteiger partial charge on any atom is 0.243 e. The molecule has 8 heteroatoms. The number of nitrogens with zero attached hydrogens (tertiary/aromatic N) is 3. The molecule has 0 radical (unpaired) electrons. The van der Waals surface area contributed by atoms with E-state index in [1.807, 2.05) is 37.3 Å². The van der Waals surface area contributed by atoms with E-state index in [1.54, 1.807) is 16.4 Å². The van der Waals surface area contributed by atoms with Gasteiger partial charge in [-0.1, -0.05) is 18.6 Å². The van der Waals surface area contributed by atoms with E-state index in [2.05, 4.69) is 16.8 Å². The zero-order valence-electron chi connectivity index (χ0n) is 18.2. The SMILES string of the molecule is CCOc1ccccc1NCc1nc2cc(S(=O)(=O)N3CCCCC3)ccc2n1CC. The Morgan fingerprint density at radius 3 is 2.58 bits per heavy atom. The summed E-state index contributed by atoms with van der Waals surface area (Å²) in [6.07, 6.45) is 2.94. The summed E-state index contributed by atoms with van der Waals surface area (Å²) in [6, 6.07) is 13.1. The lowest BCUT2D eigenvalue weighted by Crippen LogP contribution is -2.35. The van der Waals surface area contributed by atoms with Gasteiger partial charge >= 0.3 is 0 Å². The summed E-state index contributed by atoms with van der Waals surface area (Å²) >= 11 is 0. The number of ether oxygens (including phenoxy) is 1. The van der Waals surface area contributed by atoms with Gasteiger partial charge in [-0.15, -0.1) is 0 Å². The number of para-hydroxylation sites is 2. The summed E-state index contributed by atoms with van der Waals surface area (Å²) < 4.78 is 35.5. The molecule has 0 spiro atoms. The van der Waals surface area contributed by atoms with Gasteiger partial charge in [0.05, 0.1) is 34.8 Å². The molecule has 0 atom stereocenters. The molecule has 1 aliphatic heterocycles. The molecule has 1 aromatic heterocycles. The van der Waals surface area contributed by atoms with Crippen molar-refractivity contribution in [3.05, 3.63) is 48.3 Å². The number of hydrogen-bond donors (Lipinski definition) is 1. The molecule has 2 heterocycles. The van der Waals surface area contributed by atoms with E-state index in [1.165, 1.54) is 0 Å². The lowest BCUT2D eigenvalue weighted by atomic mass is 10.2. The lowest BCUT2D eigenvalue weighted by molar-refractivity contribution is 0.341. The standard InChI is InChI=1S/C23H30N4O3S/c1-3-27-21-13-12-18(31(28,29)26-14-8-5-9-15-26)16-20(21)25-23(27)17-24-19-10-6-7-11-22(19)30-4-2/h6-7,10-13,16,24H,3-5,8-9,14-15,17H2,1-2H3. The Morgan fingerprint density at radius 1 is 1.06 bits per heavy atom. The Labute approximate surface area is 184 Å². The largest absolute Gasteiger partial charge is 0.492 e. The van der Waals surface area contributed by atoms with Gasteiger partial charge in [0.1, 0.15) is 11.6 Å². The maximum atomic E-state index is 13.1. The zero-order valence-corrected chi connectivity index (χ0v) is 19.0. The molecule has 1 fully saturated rings. The number of piperidine rings is 1. The Bertz CT molecular complexity index is 1150. The number of benzene rings is 2. The van der Waals surface area contributed by atoms with Crippen molar-refractivity contribution >= 4 is 26.7 Å². The number of hydrogen-bond acceptors (Lipinski definition) is 5. The van der Waals surface area contributed by atoms with Crippen molar-refractivity contribution in [3.63, 3.8) is 0 Å². The molecule has 31 heavy (non-hydrogen) atoms. The van der Waals surface area contributed by atoms with Crippen LogP contribution in [0.2, 0.25) is 0 Å². The van der Waals surface area contributed by atoms with Crippen LogP contribution in [0.4, 0.5) is 5.69 Å². The molecule has 7 nitrogen and oxygen atoms in total. The Kier molecular flexibility index (Phi) is 6.48. The summed E-state index contributed by atoms with van der Waals surface area (Å²) in [7, 11) is -3.48. The highest BCUT2D eigenvalue weighted by Gasteiger charge is 2.26. The van der Waals surface area contributed by atoms with Gasteiger partial charge in [-0.3, -0.25) is 0 Å². The highest BCUT2D eigenvalue weighted by atomic mass is 32.2. The summed E-state index contributed by atoms with van der Waals surface area (Å²) in [4.78, 5) is 5.09. The number of nitrogens with one attached hydrogen (secondary N) is 1. The first-order valence-corrected chi connectivity index (χ1v) is 12.4. The Hall–Kier alpha value is -2.58. The summed E-state index contributed by atoms with van der Waals surface area (Å²) in [5.74, 6) is 1.66. The predicted molar refractivity (Wildman–Crippen MR) is 123 cm³/mol. The lowest BCUT2D eigenvalue weighted by Gasteiger charge is -2.25. The summed E-state index contributed by atoms with van der Waals surface area (Å²) in [5.41, 5.74) is 2.55. The van der Waals surface area contributed by atoms with Gasteiger partial charge < -0.3 is 14.6 Å². The molecular weight excluding hydrogens is 412 g/mol. The van der Waals surface area contributed by atoms with Gasteiger partial charge in [0.2, 0.25) is 10.0 Å². The first-order valence-electron chi connectivity index (χ1n) is 11.0. The maximum absolute atomic E-state index is 13.1. The number of rotatable bonds is 8. The normalized spacial score (nSPS) is 15.3. The molecule has 3 aromatic rings. The molecule has 1 N–H and O–H groups in total. The van der Waals surface area contributed by atoms with Crippen LogP contribution in [-0.4, -0.2) is 42.0 Å². The predicted octanol–water partition coefficient (Wildman–Crippen LogP) is 4.24. The third-order valence-corrected chi connectivity index (χ3v) is 7.59. The highest BCUT2D eigenvalue weighted by molar-refractivity contribution is 7.89. The first kappa shape index (κ1) is 21.6. The Balaban J connectivity index is 1.62. The number of imidazole rings is 1. The molecule has 0 aliphatic carbocycles. The minimum Gasteiger partial charge on any atom is -0.492 e. The molecule has 0 amide bonds. The fourth-order valence-corrected chi connectivity index (χ4v) is 5.67. The quantitative estimate of drug-likeness (QED) is 0.565. The van der Waals surface area contributed by atoms with Crippen LogP contribution < -0.4 is 10.1 Å². The summed E-state index contributed by atoms with van der Waals surface area (Å²) in [5, 5.41) is 3.41. The highest BCUT2D eigenvalue weighted by Crippen LogP contribution is 2.27. The third kappa shape index (κ3) is 4.41. The van der Waals surface area contributed by atoms with Crippen LogP contribution in [0.5, 0.6) is 5.75 Å². The second-order valence-electron chi connectivity index (χ2n) is 7.67. The van der Waals surface area contributed by atoms with Gasteiger partial charge in [-0.2, -0.15) is 4.31 Å². The smallest absolute Gasteiger partial charge is 0.243 e. The van der Waals surface area contributed by atoms with Crippen molar-refractivity contribution in [3.8, 4) is 5.75 Å². The number of anilines is 1. The number of aryl methyl sites for hydroxylation is 1. The van der Waals surface area contributed by atoms with Crippen molar-refractivity contribution < 1.29 is 13.2 Å². The van der Waals surface area contributed by atoms with E-state index in [9.17, 15) is 8.42 Å². The van der Waals surface area contributed by atoms with E-state index in [-0.39, 0.29) is 0 Å². The third-order valence-electron chi connectivity index (χ3n) is 5.69. The minimum atomic E-state index is -3.48. The molecule has 0 bridgehead atoms. The van der Waals surface area contributed by atoms with E-state index < -0.39 is 10.0 Å². The molecule has 0 saturated carbocycles. The molecular formula is C23H30N4O3S. The number of sulfonamides is 1. The molecule has 2 aromatic carbocycles. The van der Waals surface area contributed by atoms with E-state index in [0.717, 1.165) is 48.6 Å². The molecule has 4 rings (SSSR count). The second kappa shape index (κ2) is 9.28. The van der Waals surface area contributed by atoms with Gasteiger partial charge in [-0.25, -0.2) is 13.4 Å². The van der Waals surface area contributed by atoms with Crippen LogP contribution >= 0.6 is 0 Å². The average Bonchev–Trinajstić information content (AvgIpc) is 3.16. The topological polar surface area (TPSA) is 76.5 Å². The molecule has 1 saturated heterocycles. The van der Waals surface area contributed by atoms with Gasteiger partial charge in [0.25, 0.3) is 0 Å². The fraction of sp³-hybridized carbons (Fsp3) is 0.435. The van der Waals surface area contributed by atoms with Crippen molar-refractivity contribution in [1.82, 2.24) is 13.9 Å².